The largest absolute Gasteiger partial charge is 0.325 e. The molecule has 108 valence electrons. The Bertz CT molecular complexity index is 511. The van der Waals surface area contributed by atoms with Crippen molar-refractivity contribution in [3.05, 3.63) is 16.3 Å². The summed E-state index contributed by atoms with van der Waals surface area (Å²) < 4.78 is 25.2. The third kappa shape index (κ3) is 6.15. The standard InChI is InChI=1S/C11H19N3O3S2/c1-3-13-19(16,17)7-5-12-8-11-10(4-6-18-11)14-9(2)15/h4,6,12-13H,3,5,7-8H2,1-2H3,(H,14,15). The fourth-order valence-electron chi connectivity index (χ4n) is 1.48. The lowest BCUT2D eigenvalue weighted by Gasteiger charge is -2.07. The molecule has 0 spiro atoms. The van der Waals surface area contributed by atoms with E-state index in [1.54, 1.807) is 6.92 Å². The normalized spacial score (nSPS) is 11.5. The van der Waals surface area contributed by atoms with E-state index in [9.17, 15) is 13.2 Å². The minimum absolute atomic E-state index is 0.0433. The molecule has 0 radical (unpaired) electrons. The molecule has 1 aromatic rings. The zero-order valence-corrected chi connectivity index (χ0v) is 12.7. The van der Waals surface area contributed by atoms with Crippen molar-refractivity contribution in [3.63, 3.8) is 0 Å². The van der Waals surface area contributed by atoms with E-state index in [1.807, 2.05) is 11.4 Å². The van der Waals surface area contributed by atoms with Gasteiger partial charge in [0.15, 0.2) is 0 Å². The summed E-state index contributed by atoms with van der Waals surface area (Å²) in [5, 5.41) is 7.67. The molecule has 0 aromatic carbocycles. The molecule has 0 aliphatic carbocycles. The smallest absolute Gasteiger partial charge is 0.221 e. The molecule has 0 aliphatic rings. The Kier molecular flexibility index (Phi) is 6.43. The molecule has 0 bridgehead atoms. The van der Waals surface area contributed by atoms with Gasteiger partial charge in [0, 0.05) is 31.4 Å². The highest BCUT2D eigenvalue weighted by Crippen LogP contribution is 2.21. The lowest BCUT2D eigenvalue weighted by molar-refractivity contribution is -0.114. The summed E-state index contributed by atoms with van der Waals surface area (Å²) in [5.74, 6) is -0.0730. The van der Waals surface area contributed by atoms with Crippen LogP contribution in [0.5, 0.6) is 0 Å². The van der Waals surface area contributed by atoms with Gasteiger partial charge < -0.3 is 10.6 Å². The topological polar surface area (TPSA) is 87.3 Å². The Hall–Kier alpha value is -0.960. The molecule has 0 saturated heterocycles. The van der Waals surface area contributed by atoms with Crippen molar-refractivity contribution in [1.82, 2.24) is 10.0 Å². The molecule has 0 aliphatic heterocycles. The lowest BCUT2D eigenvalue weighted by atomic mass is 10.3. The van der Waals surface area contributed by atoms with Gasteiger partial charge in [-0.3, -0.25) is 4.79 Å². The quantitative estimate of drug-likeness (QED) is 0.618. The Morgan fingerprint density at radius 1 is 1.42 bits per heavy atom. The molecule has 1 heterocycles. The number of rotatable bonds is 8. The number of nitrogens with one attached hydrogen (secondary N) is 3. The first kappa shape index (κ1) is 16.1. The molecule has 0 saturated carbocycles. The second-order valence-electron chi connectivity index (χ2n) is 3.93. The van der Waals surface area contributed by atoms with E-state index in [1.165, 1.54) is 18.3 Å². The van der Waals surface area contributed by atoms with Gasteiger partial charge in [-0.1, -0.05) is 6.92 Å². The number of carbonyl (C=O) groups is 1. The maximum Gasteiger partial charge on any atom is 0.221 e. The highest BCUT2D eigenvalue weighted by atomic mass is 32.2. The summed E-state index contributed by atoms with van der Waals surface area (Å²) in [6.07, 6.45) is 0. The van der Waals surface area contributed by atoms with Gasteiger partial charge >= 0.3 is 0 Å². The molecule has 8 heteroatoms. The fraction of sp³-hybridized carbons (Fsp3) is 0.545. The zero-order valence-electron chi connectivity index (χ0n) is 11.0. The van der Waals surface area contributed by atoms with Crippen LogP contribution in [0.2, 0.25) is 0 Å². The summed E-state index contributed by atoms with van der Waals surface area (Å²) in [7, 11) is -3.18. The number of sulfonamides is 1. The van der Waals surface area contributed by atoms with Crippen molar-refractivity contribution in [2.45, 2.75) is 20.4 Å². The molecule has 3 N–H and O–H groups in total. The summed E-state index contributed by atoms with van der Waals surface area (Å²) >= 11 is 1.52. The predicted octanol–water partition coefficient (Wildman–Crippen LogP) is 0.735. The highest BCUT2D eigenvalue weighted by Gasteiger charge is 2.09. The van der Waals surface area contributed by atoms with Gasteiger partial charge in [-0.05, 0) is 11.4 Å². The van der Waals surface area contributed by atoms with Crippen LogP contribution in [0.25, 0.3) is 0 Å². The Balaban J connectivity index is 2.38. The summed E-state index contributed by atoms with van der Waals surface area (Å²) in [5.41, 5.74) is 0.777. The molecular formula is C11H19N3O3S2. The first-order valence-corrected chi connectivity index (χ1v) is 8.50. The summed E-state index contributed by atoms with van der Waals surface area (Å²) in [6.45, 7) is 4.51. The van der Waals surface area contributed by atoms with E-state index in [0.29, 0.717) is 19.6 Å². The minimum Gasteiger partial charge on any atom is -0.325 e. The van der Waals surface area contributed by atoms with Gasteiger partial charge in [0.05, 0.1) is 11.4 Å². The van der Waals surface area contributed by atoms with E-state index in [0.717, 1.165) is 10.6 Å². The van der Waals surface area contributed by atoms with E-state index < -0.39 is 10.0 Å². The predicted molar refractivity (Wildman–Crippen MR) is 77.8 cm³/mol. The van der Waals surface area contributed by atoms with Crippen LogP contribution in [0.15, 0.2) is 11.4 Å². The molecule has 19 heavy (non-hydrogen) atoms. The first-order chi connectivity index (χ1) is 8.94. The number of hydrogen-bond acceptors (Lipinski definition) is 5. The maximum absolute atomic E-state index is 11.4. The van der Waals surface area contributed by atoms with Crippen LogP contribution in [-0.2, 0) is 21.4 Å². The second-order valence-corrected chi connectivity index (χ2v) is 6.86. The average Bonchev–Trinajstić information content (AvgIpc) is 2.71. The monoisotopic (exact) mass is 305 g/mol. The van der Waals surface area contributed by atoms with Crippen LogP contribution in [-0.4, -0.2) is 33.2 Å². The van der Waals surface area contributed by atoms with Crippen LogP contribution in [0.3, 0.4) is 0 Å². The van der Waals surface area contributed by atoms with Crippen molar-refractivity contribution >= 4 is 33.0 Å². The Morgan fingerprint density at radius 2 is 2.16 bits per heavy atom. The van der Waals surface area contributed by atoms with Gasteiger partial charge in [-0.15, -0.1) is 11.3 Å². The van der Waals surface area contributed by atoms with E-state index in [-0.39, 0.29) is 11.7 Å². The molecule has 1 amide bonds. The molecule has 0 unspecified atom stereocenters. The number of thiophene rings is 1. The molecule has 0 fully saturated rings. The highest BCUT2D eigenvalue weighted by molar-refractivity contribution is 7.89. The molecule has 6 nitrogen and oxygen atoms in total. The first-order valence-electron chi connectivity index (χ1n) is 5.96. The summed E-state index contributed by atoms with van der Waals surface area (Å²) in [6, 6.07) is 1.83. The van der Waals surface area contributed by atoms with E-state index in [4.69, 9.17) is 0 Å². The van der Waals surface area contributed by atoms with E-state index >= 15 is 0 Å². The van der Waals surface area contributed by atoms with Crippen molar-refractivity contribution in [3.8, 4) is 0 Å². The van der Waals surface area contributed by atoms with Gasteiger partial charge in [-0.2, -0.15) is 0 Å². The third-order valence-electron chi connectivity index (χ3n) is 2.25. The van der Waals surface area contributed by atoms with Crippen LogP contribution >= 0.6 is 11.3 Å². The van der Waals surface area contributed by atoms with Crippen LogP contribution in [0.4, 0.5) is 5.69 Å². The van der Waals surface area contributed by atoms with Crippen molar-refractivity contribution in [1.29, 1.82) is 0 Å². The second kappa shape index (κ2) is 7.59. The Labute approximate surface area is 117 Å². The van der Waals surface area contributed by atoms with Gasteiger partial charge in [0.2, 0.25) is 15.9 Å². The maximum atomic E-state index is 11.4. The van der Waals surface area contributed by atoms with E-state index in [2.05, 4.69) is 15.4 Å². The third-order valence-corrected chi connectivity index (χ3v) is 4.64. The van der Waals surface area contributed by atoms with Gasteiger partial charge in [-0.25, -0.2) is 13.1 Å². The minimum atomic E-state index is -3.18. The zero-order chi connectivity index (χ0) is 14.3. The number of carbonyl (C=O) groups excluding carboxylic acids is 1. The van der Waals surface area contributed by atoms with Crippen LogP contribution in [0.1, 0.15) is 18.7 Å². The number of amides is 1. The van der Waals surface area contributed by atoms with Gasteiger partial charge in [0.1, 0.15) is 0 Å². The number of anilines is 1. The SMILES string of the molecule is CCNS(=O)(=O)CCNCc1sccc1NC(C)=O. The molecular weight excluding hydrogens is 286 g/mol. The number of hydrogen-bond donors (Lipinski definition) is 3. The summed E-state index contributed by atoms with van der Waals surface area (Å²) in [4.78, 5) is 12.0. The van der Waals surface area contributed by atoms with Crippen molar-refractivity contribution < 1.29 is 13.2 Å². The van der Waals surface area contributed by atoms with Crippen LogP contribution in [0, 0.1) is 0 Å². The molecule has 1 rings (SSSR count). The van der Waals surface area contributed by atoms with Gasteiger partial charge in [0.25, 0.3) is 0 Å². The Morgan fingerprint density at radius 3 is 2.79 bits per heavy atom. The fourth-order valence-corrected chi connectivity index (χ4v) is 3.28. The van der Waals surface area contributed by atoms with Crippen molar-refractivity contribution in [2.24, 2.45) is 0 Å². The lowest BCUT2D eigenvalue weighted by Crippen LogP contribution is -2.31. The molecule has 1 aromatic heterocycles. The van der Waals surface area contributed by atoms with Crippen molar-refractivity contribution in [2.75, 3.05) is 24.2 Å². The average molecular weight is 305 g/mol. The molecule has 0 atom stereocenters. The van der Waals surface area contributed by atoms with Crippen LogP contribution < -0.4 is 15.4 Å².